The second-order valence-electron chi connectivity index (χ2n) is 3.62. The number of carbonyl (C=O) groups excluding carboxylic acids is 1. The lowest BCUT2D eigenvalue weighted by molar-refractivity contribution is 0.102. The second-order valence-corrected chi connectivity index (χ2v) is 5.99. The lowest BCUT2D eigenvalue weighted by Gasteiger charge is -2.09. The van der Waals surface area contributed by atoms with Crippen molar-refractivity contribution in [3.8, 4) is 0 Å². The van der Waals surface area contributed by atoms with Gasteiger partial charge in [0, 0.05) is 0 Å². The summed E-state index contributed by atoms with van der Waals surface area (Å²) < 4.78 is 22.4. The first kappa shape index (κ1) is 14.7. The molecule has 106 valence electrons. The molecular formula is C9H7Cl2N5O3S. The van der Waals surface area contributed by atoms with Gasteiger partial charge in [0.1, 0.15) is 0 Å². The number of aromatic amines is 1. The van der Waals surface area contributed by atoms with Crippen molar-refractivity contribution in [2.24, 2.45) is 5.14 Å². The maximum Gasteiger partial charge on any atom is 0.277 e. The van der Waals surface area contributed by atoms with Gasteiger partial charge in [-0.3, -0.25) is 4.79 Å². The Morgan fingerprint density at radius 1 is 1.30 bits per heavy atom. The van der Waals surface area contributed by atoms with Crippen LogP contribution in [0.25, 0.3) is 0 Å². The van der Waals surface area contributed by atoms with Crippen molar-refractivity contribution in [1.29, 1.82) is 0 Å². The van der Waals surface area contributed by atoms with E-state index in [0.717, 1.165) is 12.1 Å². The van der Waals surface area contributed by atoms with Crippen LogP contribution >= 0.6 is 23.2 Å². The summed E-state index contributed by atoms with van der Waals surface area (Å²) in [6, 6.07) is 2.17. The molecule has 20 heavy (non-hydrogen) atoms. The van der Waals surface area contributed by atoms with Crippen LogP contribution in [0.2, 0.25) is 10.0 Å². The summed E-state index contributed by atoms with van der Waals surface area (Å²) >= 11 is 11.8. The molecule has 11 heteroatoms. The molecule has 0 aliphatic heterocycles. The minimum absolute atomic E-state index is 0.0210. The Bertz CT molecular complexity index is 737. The number of H-pyrrole nitrogens is 1. The van der Waals surface area contributed by atoms with Crippen LogP contribution in [0, 0.1) is 0 Å². The minimum atomic E-state index is -3.95. The molecule has 0 aliphatic carbocycles. The van der Waals surface area contributed by atoms with E-state index in [1.54, 1.807) is 0 Å². The zero-order chi connectivity index (χ0) is 14.9. The third-order valence-corrected chi connectivity index (χ3v) is 3.72. The normalized spacial score (nSPS) is 11.3. The number of nitrogens with two attached hydrogens (primary N) is 1. The van der Waals surface area contributed by atoms with Crippen LogP contribution in [0.3, 0.4) is 0 Å². The molecular weight excluding hydrogens is 329 g/mol. The van der Waals surface area contributed by atoms with E-state index in [9.17, 15) is 13.2 Å². The lowest BCUT2D eigenvalue weighted by atomic mass is 10.3. The fourth-order valence-electron chi connectivity index (χ4n) is 1.32. The van der Waals surface area contributed by atoms with E-state index in [-0.39, 0.29) is 26.3 Å². The maximum atomic E-state index is 11.8. The van der Waals surface area contributed by atoms with Gasteiger partial charge < -0.3 is 5.32 Å². The number of nitrogens with one attached hydrogen (secondary N) is 2. The summed E-state index contributed by atoms with van der Waals surface area (Å²) in [5.41, 5.74) is 0.0707. The molecule has 0 unspecified atom stereocenters. The second kappa shape index (κ2) is 5.37. The Hall–Kier alpha value is -1.68. The zero-order valence-electron chi connectivity index (χ0n) is 9.59. The highest BCUT2D eigenvalue weighted by Crippen LogP contribution is 2.33. The number of amides is 1. The number of rotatable bonds is 3. The number of sulfonamides is 1. The van der Waals surface area contributed by atoms with Crippen LogP contribution in [0.15, 0.2) is 23.2 Å². The first-order chi connectivity index (χ1) is 9.29. The molecule has 0 saturated heterocycles. The van der Waals surface area contributed by atoms with Crippen molar-refractivity contribution in [2.45, 2.75) is 4.90 Å². The molecule has 0 spiro atoms. The highest BCUT2D eigenvalue weighted by molar-refractivity contribution is 7.89. The maximum absolute atomic E-state index is 11.8. The lowest BCUT2D eigenvalue weighted by Crippen LogP contribution is -2.15. The number of anilines is 1. The minimum Gasteiger partial charge on any atom is -0.318 e. The average molecular weight is 336 g/mol. The fourth-order valence-corrected chi connectivity index (χ4v) is 2.60. The smallest absolute Gasteiger partial charge is 0.277 e. The number of benzene rings is 1. The van der Waals surface area contributed by atoms with Crippen molar-refractivity contribution in [1.82, 2.24) is 15.4 Å². The van der Waals surface area contributed by atoms with Crippen LogP contribution in [0.4, 0.5) is 5.69 Å². The predicted octanol–water partition coefficient (Wildman–Crippen LogP) is 1.01. The average Bonchev–Trinajstić information content (AvgIpc) is 2.85. The molecule has 2 rings (SSSR count). The van der Waals surface area contributed by atoms with Crippen molar-refractivity contribution in [3.05, 3.63) is 34.1 Å². The van der Waals surface area contributed by atoms with Crippen molar-refractivity contribution in [3.63, 3.8) is 0 Å². The number of primary sulfonamides is 1. The molecule has 1 aromatic heterocycles. The van der Waals surface area contributed by atoms with Gasteiger partial charge in [-0.25, -0.2) is 13.6 Å². The number of halogens is 2. The first-order valence-electron chi connectivity index (χ1n) is 4.98. The SMILES string of the molecule is NS(=O)(=O)c1cc(Cl)c(NC(=O)c2cn[nH]n2)c(Cl)c1. The van der Waals surface area contributed by atoms with Crippen LogP contribution in [-0.4, -0.2) is 29.7 Å². The highest BCUT2D eigenvalue weighted by Gasteiger charge is 2.18. The van der Waals surface area contributed by atoms with Crippen LogP contribution in [0.1, 0.15) is 10.5 Å². The first-order valence-corrected chi connectivity index (χ1v) is 7.28. The third kappa shape index (κ3) is 3.07. The Kier molecular flexibility index (Phi) is 3.95. The van der Waals surface area contributed by atoms with E-state index in [1.807, 2.05) is 0 Å². The Morgan fingerprint density at radius 3 is 2.35 bits per heavy atom. The molecule has 2 aromatic rings. The van der Waals surface area contributed by atoms with Crippen molar-refractivity contribution < 1.29 is 13.2 Å². The van der Waals surface area contributed by atoms with Crippen LogP contribution in [-0.2, 0) is 10.0 Å². The van der Waals surface area contributed by atoms with Gasteiger partial charge in [0.05, 0.1) is 26.8 Å². The third-order valence-electron chi connectivity index (χ3n) is 2.23. The summed E-state index contributed by atoms with van der Waals surface area (Å²) in [7, 11) is -3.95. The summed E-state index contributed by atoms with van der Waals surface area (Å²) in [5.74, 6) is -0.606. The fraction of sp³-hybridized carbons (Fsp3) is 0. The van der Waals surface area contributed by atoms with E-state index in [0.29, 0.717) is 0 Å². The monoisotopic (exact) mass is 335 g/mol. The van der Waals surface area contributed by atoms with Crippen molar-refractivity contribution in [2.75, 3.05) is 5.32 Å². The quantitative estimate of drug-likeness (QED) is 0.770. The van der Waals surface area contributed by atoms with Gasteiger partial charge in [-0.1, -0.05) is 23.2 Å². The molecule has 4 N–H and O–H groups in total. The van der Waals surface area contributed by atoms with Crippen molar-refractivity contribution >= 4 is 44.8 Å². The van der Waals surface area contributed by atoms with Gasteiger partial charge in [-0.15, -0.1) is 0 Å². The predicted molar refractivity (Wildman–Crippen MR) is 72.2 cm³/mol. The number of hydrogen-bond donors (Lipinski definition) is 3. The van der Waals surface area contributed by atoms with E-state index >= 15 is 0 Å². The Labute approximate surface area is 123 Å². The van der Waals surface area contributed by atoms with Gasteiger partial charge in [-0.2, -0.15) is 15.4 Å². The molecule has 0 aliphatic rings. The summed E-state index contributed by atoms with van der Waals surface area (Å²) in [5, 5.41) is 16.6. The molecule has 1 heterocycles. The largest absolute Gasteiger partial charge is 0.318 e. The number of carbonyl (C=O) groups is 1. The molecule has 0 radical (unpaired) electrons. The molecule has 0 fully saturated rings. The molecule has 1 aromatic carbocycles. The van der Waals surface area contributed by atoms with Crippen LogP contribution < -0.4 is 10.5 Å². The van der Waals surface area contributed by atoms with E-state index in [4.69, 9.17) is 28.3 Å². The van der Waals surface area contributed by atoms with Gasteiger partial charge in [0.15, 0.2) is 5.69 Å². The van der Waals surface area contributed by atoms with Gasteiger partial charge in [-0.05, 0) is 12.1 Å². The van der Waals surface area contributed by atoms with Gasteiger partial charge in [0.2, 0.25) is 10.0 Å². The standard InChI is InChI=1S/C9H7Cl2N5O3S/c10-5-1-4(20(12,18)19)2-6(11)8(5)14-9(17)7-3-13-16-15-7/h1-3H,(H,14,17)(H2,12,18,19)(H,13,15,16). The number of nitrogens with zero attached hydrogens (tertiary/aromatic N) is 2. The van der Waals surface area contributed by atoms with E-state index in [1.165, 1.54) is 6.20 Å². The Morgan fingerprint density at radius 2 is 1.90 bits per heavy atom. The highest BCUT2D eigenvalue weighted by atomic mass is 35.5. The van der Waals surface area contributed by atoms with E-state index in [2.05, 4.69) is 20.7 Å². The molecule has 0 atom stereocenters. The van der Waals surface area contributed by atoms with Crippen LogP contribution in [0.5, 0.6) is 0 Å². The molecule has 8 nitrogen and oxygen atoms in total. The molecule has 0 saturated carbocycles. The summed E-state index contributed by atoms with van der Waals surface area (Å²) in [6.07, 6.45) is 1.20. The number of aromatic nitrogens is 3. The Balaban J connectivity index is 2.37. The summed E-state index contributed by atoms with van der Waals surface area (Å²) in [6.45, 7) is 0. The zero-order valence-corrected chi connectivity index (χ0v) is 11.9. The van der Waals surface area contributed by atoms with Gasteiger partial charge in [0.25, 0.3) is 5.91 Å². The van der Waals surface area contributed by atoms with Gasteiger partial charge >= 0.3 is 0 Å². The number of hydrogen-bond acceptors (Lipinski definition) is 5. The summed E-state index contributed by atoms with van der Waals surface area (Å²) in [4.78, 5) is 11.5. The topological polar surface area (TPSA) is 131 Å². The molecule has 0 bridgehead atoms. The molecule has 1 amide bonds. The van der Waals surface area contributed by atoms with E-state index < -0.39 is 15.9 Å².